The standard InChI is InChI=1S/C36H59N7O6.C34H57N7O6.C34H54N6O8/c1-11-15-37-30(46)27(44)23(18-21-13-14-21)38-29(45)26-25-22(36(25,8)9)19-43(26)31(47)28(35(5,6)7)40-32(48)39-24(34(2,3)4)20-42-17-12-16-41(10)33(42)49;1-32(2,3)22(18-40-15-11-14-39(9)31(40)47)37-30(46)38-26(33(4,5)6)29(45)41-17-20-23(34(20,7)8)24(41)28(44)36-21(25(42)27(35)43)16-19-12-10-13-19;1-11-13-20(26(43)29(45)35-14-12-2)36-28(44)25-24-19(34(24,9)10)15-40(25)30(46)27(33(6,7)8)38-31(47)37-21(32(3,4)5)16-39-22(41)17-48-18-23(39)42/h11,21-26,28H,1,12-20H2,2-10H3,(H,37,46)(H,38,45)(H2,39,40,48);19-24,26H,10-18H2,1-9H3,(H2,35,43)(H,36,44)(H2,37,38,46);12,19-21,24-25,27H,2,11,13-18H2,1,3-10H3,(H,35,45)(H,36,44)(H2,37,38,47)/t22-,23?,24+,25-,26-,28+;20-,21?,22+,23-,24-,26+;19-,20?,21+,24-,25-,27+/m000/s1. The number of piperidine rings is 3. The SMILES string of the molecule is C=CCNC(=O)C(=O)C(CC1CC1)NC(=O)[C@@H]1[C@@H]2[C@H](CN1C(=O)[C@@H](NC(=O)N[C@H](CN1CCCN(C)C1=O)C(C)(C)C)C(C)(C)C)C2(C)C.C=CCNC(=O)C(=O)C(CCC)NC(=O)[C@@H]1[C@@H]2[C@H](CN1C(=O)[C@@H](NC(=O)N[C@H](CN1C(=O)COCC1=O)C(C)(C)C)C(C)(C)C)C2(C)C.CN1CCCN(C[C@@H](NC(=O)N[C@H](C(=O)N2C[C@H]3[C@@H]([C@H]2C(=O)NC(CC2CCC2)C(=O)C(N)=O)C3(C)C)C(C)(C)C)C(C)(C)C)C1=O. The van der Waals surface area contributed by atoms with Gasteiger partial charge in [0.1, 0.15) is 49.5 Å². The molecule has 0 aromatic rings. The molecule has 11 rings (SSSR count). The molecular weight excluding hydrogens is 1850 g/mol. The van der Waals surface area contributed by atoms with Crippen LogP contribution in [0.15, 0.2) is 25.3 Å². The first-order valence-electron chi connectivity index (χ1n) is 51.6. The molecule has 0 radical (unpaired) electrons. The van der Waals surface area contributed by atoms with E-state index in [9.17, 15) is 91.1 Å². The van der Waals surface area contributed by atoms with E-state index in [-0.39, 0.29) is 127 Å². The van der Waals surface area contributed by atoms with Crippen LogP contribution in [-0.2, 0) is 71.9 Å². The van der Waals surface area contributed by atoms with Crippen LogP contribution >= 0.6 is 0 Å². The molecule has 3 unspecified atom stereocenters. The summed E-state index contributed by atoms with van der Waals surface area (Å²) in [6.45, 7) is 59.3. The van der Waals surface area contributed by atoms with Crippen LogP contribution in [0.3, 0.4) is 0 Å². The normalized spacial score (nSPS) is 24.9. The first-order chi connectivity index (χ1) is 66.5. The third-order valence-electron chi connectivity index (χ3n) is 31.8. The average molecular weight is 2020 g/mol. The molecule has 0 spiro atoms. The second-order valence-corrected chi connectivity index (χ2v) is 50.2. The highest BCUT2D eigenvalue weighted by atomic mass is 16.5. The molecule has 6 saturated heterocycles. The lowest BCUT2D eigenvalue weighted by molar-refractivity contribution is -0.159. The number of rotatable bonds is 37. The Morgan fingerprint density at radius 1 is 0.410 bits per heavy atom. The minimum atomic E-state index is -1.09. The van der Waals surface area contributed by atoms with Gasteiger partial charge in [-0.2, -0.15) is 0 Å². The number of imide groups is 1. The van der Waals surface area contributed by atoms with E-state index >= 15 is 0 Å². The van der Waals surface area contributed by atoms with Crippen LogP contribution in [0.25, 0.3) is 0 Å². The van der Waals surface area contributed by atoms with Crippen molar-refractivity contribution in [2.45, 2.75) is 316 Å². The Morgan fingerprint density at radius 3 is 1.00 bits per heavy atom. The van der Waals surface area contributed by atoms with E-state index in [2.05, 4.69) is 99.3 Å². The second kappa shape index (κ2) is 45.7. The van der Waals surface area contributed by atoms with Crippen LogP contribution < -0.4 is 64.2 Å². The summed E-state index contributed by atoms with van der Waals surface area (Å²) in [6, 6.07) is -12.1. The van der Waals surface area contributed by atoms with Gasteiger partial charge in [-0.15, -0.1) is 13.2 Å². The summed E-state index contributed by atoms with van der Waals surface area (Å²) in [6.07, 6.45) is 10.8. The van der Waals surface area contributed by atoms with Gasteiger partial charge in [0.25, 0.3) is 29.5 Å². The third kappa shape index (κ3) is 28.1. The number of likely N-dealkylation sites (tertiary alicyclic amines) is 3. The van der Waals surface area contributed by atoms with E-state index in [1.54, 1.807) is 64.3 Å². The molecule has 6 heterocycles. The molecule has 0 aromatic heterocycles. The Labute approximate surface area is 851 Å². The Balaban J connectivity index is 0.000000241. The van der Waals surface area contributed by atoms with E-state index in [4.69, 9.17) is 10.5 Å². The van der Waals surface area contributed by atoms with Crippen LogP contribution in [0.2, 0.25) is 0 Å². The summed E-state index contributed by atoms with van der Waals surface area (Å²) in [5.74, 6) is -8.37. The molecule has 806 valence electrons. The van der Waals surface area contributed by atoms with Crippen LogP contribution in [0, 0.1) is 96.1 Å². The summed E-state index contributed by atoms with van der Waals surface area (Å²) in [5, 5.41) is 31.0. The van der Waals surface area contributed by atoms with Crippen LogP contribution in [0.1, 0.15) is 244 Å². The lowest BCUT2D eigenvalue weighted by Gasteiger charge is -2.41. The van der Waals surface area contributed by atoms with Crippen molar-refractivity contribution in [1.82, 2.24) is 97.7 Å². The smallest absolute Gasteiger partial charge is 0.319 e. The molecule has 0 aromatic carbocycles. The van der Waals surface area contributed by atoms with E-state index in [1.165, 1.54) is 17.1 Å². The van der Waals surface area contributed by atoms with E-state index in [0.29, 0.717) is 78.2 Å². The fraction of sp³-hybridized carbons (Fsp3) is 0.779. The highest BCUT2D eigenvalue weighted by Crippen LogP contribution is 2.67. The number of fused-ring (bicyclic) bond motifs is 3. The average Bonchev–Trinajstić information content (AvgIpc) is 1.53. The van der Waals surface area contributed by atoms with Crippen molar-refractivity contribution < 1.29 is 95.8 Å². The van der Waals surface area contributed by atoms with Crippen molar-refractivity contribution in [2.75, 3.05) is 106 Å². The lowest BCUT2D eigenvalue weighted by Crippen LogP contribution is -2.63. The number of urea groups is 5. The molecule has 11 aliphatic rings. The number of nitrogens with zero attached hydrogens (tertiary/aromatic N) is 8. The fourth-order valence-electron chi connectivity index (χ4n) is 21.6. The molecule has 18 atom stereocenters. The number of ether oxygens (including phenoxy) is 1. The molecule has 40 nitrogen and oxygen atoms in total. The van der Waals surface area contributed by atoms with E-state index in [0.717, 1.165) is 49.8 Å². The summed E-state index contributed by atoms with van der Waals surface area (Å²) in [5.41, 5.74) is 1.19. The van der Waals surface area contributed by atoms with Crippen molar-refractivity contribution in [3.05, 3.63) is 25.3 Å². The maximum absolute atomic E-state index is 14.4. The molecule has 5 saturated carbocycles. The zero-order valence-electron chi connectivity index (χ0n) is 90.6. The predicted molar refractivity (Wildman–Crippen MR) is 540 cm³/mol. The van der Waals surface area contributed by atoms with Gasteiger partial charge < -0.3 is 103 Å². The minimum Gasteiger partial charge on any atom is -0.363 e. The van der Waals surface area contributed by atoms with Crippen LogP contribution in [-0.4, -0.2) is 330 Å². The Kier molecular flexibility index (Phi) is 37.0. The maximum atomic E-state index is 14.4. The zero-order chi connectivity index (χ0) is 108. The van der Waals surface area contributed by atoms with Crippen molar-refractivity contribution >= 4 is 112 Å². The predicted octanol–water partition coefficient (Wildman–Crippen LogP) is 5.74. The number of carbonyl (C=O) groups is 19. The monoisotopic (exact) mass is 2020 g/mol. The fourth-order valence-corrected chi connectivity index (χ4v) is 21.6. The molecule has 5 aliphatic carbocycles. The number of hydrogen-bond acceptors (Lipinski definition) is 20. The van der Waals surface area contributed by atoms with Gasteiger partial charge in [-0.25, -0.2) is 24.0 Å². The van der Waals surface area contributed by atoms with Crippen LogP contribution in [0.5, 0.6) is 0 Å². The number of amides is 21. The van der Waals surface area contributed by atoms with Gasteiger partial charge in [-0.05, 0) is 128 Å². The lowest BCUT2D eigenvalue weighted by atomic mass is 9.80. The molecule has 11 fully saturated rings. The quantitative estimate of drug-likeness (QED) is 0.0200. The molecule has 6 aliphatic heterocycles. The largest absolute Gasteiger partial charge is 0.363 e. The Hall–Kier alpha value is -10.8. The molecule has 21 amide bonds. The molecule has 144 heavy (non-hydrogen) atoms. The van der Waals surface area contributed by atoms with E-state index in [1.807, 2.05) is 125 Å². The van der Waals surface area contributed by atoms with Gasteiger partial charge >= 0.3 is 30.2 Å². The second-order valence-electron chi connectivity index (χ2n) is 50.2. The Morgan fingerprint density at radius 2 is 0.715 bits per heavy atom. The minimum absolute atomic E-state index is 0.0386. The van der Waals surface area contributed by atoms with Crippen molar-refractivity contribution in [1.29, 1.82) is 0 Å². The highest BCUT2D eigenvalue weighted by Gasteiger charge is 2.73. The summed E-state index contributed by atoms with van der Waals surface area (Å²) in [4.78, 5) is 265. The highest BCUT2D eigenvalue weighted by molar-refractivity contribution is 6.39. The van der Waals surface area contributed by atoms with Crippen LogP contribution in [0.4, 0.5) is 24.0 Å². The number of nitrogens with one attached hydrogen (secondary N) is 11. The summed E-state index contributed by atoms with van der Waals surface area (Å²) in [7, 11) is 3.53. The van der Waals surface area contributed by atoms with Gasteiger partial charge in [0.05, 0.1) is 36.3 Å². The number of Topliss-reactive ketones (excluding diaryl/α,β-unsaturated/α-hetero) is 3. The van der Waals surface area contributed by atoms with Gasteiger partial charge in [-0.3, -0.25) is 72.0 Å². The zero-order valence-corrected chi connectivity index (χ0v) is 90.6. The van der Waals surface area contributed by atoms with Crippen molar-refractivity contribution in [3.8, 4) is 0 Å². The number of primary amides is 1. The van der Waals surface area contributed by atoms with Gasteiger partial charge in [0.15, 0.2) is 0 Å². The van der Waals surface area contributed by atoms with Gasteiger partial charge in [0.2, 0.25) is 52.8 Å². The topological polar surface area (TPSA) is 518 Å². The van der Waals surface area contributed by atoms with Gasteiger partial charge in [0, 0.05) is 92.6 Å². The number of nitrogens with two attached hydrogens (primary N) is 1. The van der Waals surface area contributed by atoms with Crippen molar-refractivity contribution in [2.24, 2.45) is 102 Å². The number of carbonyl (C=O) groups excluding carboxylic acids is 19. The summed E-state index contributed by atoms with van der Waals surface area (Å²) < 4.78 is 5.01. The maximum Gasteiger partial charge on any atom is 0.319 e. The molecule has 40 heteroatoms. The molecule has 13 N–H and O–H groups in total. The number of hydrogen-bond donors (Lipinski definition) is 12. The number of morpholine rings is 1. The third-order valence-corrected chi connectivity index (χ3v) is 31.8. The first kappa shape index (κ1) is 117. The first-order valence-corrected chi connectivity index (χ1v) is 51.6. The molecule has 0 bridgehead atoms. The van der Waals surface area contributed by atoms with Crippen molar-refractivity contribution in [3.63, 3.8) is 0 Å². The Bertz CT molecular complexity index is 4830. The molecular formula is C104H170N20O20. The summed E-state index contributed by atoms with van der Waals surface area (Å²) >= 11 is 0. The van der Waals surface area contributed by atoms with E-state index < -0.39 is 194 Å². The number of ketones is 3. The van der Waals surface area contributed by atoms with Gasteiger partial charge in [-0.1, -0.05) is 224 Å².